The van der Waals surface area contributed by atoms with Crippen LogP contribution >= 0.6 is 0 Å². The van der Waals surface area contributed by atoms with E-state index in [0.29, 0.717) is 12.0 Å². The number of amides is 4. The van der Waals surface area contributed by atoms with Gasteiger partial charge in [-0.1, -0.05) is 54.0 Å². The quantitative estimate of drug-likeness (QED) is 0.0962. The third-order valence-electron chi connectivity index (χ3n) is 11.4. The normalized spacial score (nSPS) is 19.8. The van der Waals surface area contributed by atoms with Crippen LogP contribution < -0.4 is 15.4 Å². The molecule has 1 fully saturated rings. The molecule has 1 aliphatic heterocycles. The van der Waals surface area contributed by atoms with E-state index in [4.69, 9.17) is 42.6 Å². The predicted octanol–water partition coefficient (Wildman–Crippen LogP) is 4.27. The second-order valence-electron chi connectivity index (χ2n) is 19.3. The van der Waals surface area contributed by atoms with Crippen LogP contribution in [0.1, 0.15) is 114 Å². The van der Waals surface area contributed by atoms with Crippen molar-refractivity contribution in [3.05, 3.63) is 29.3 Å². The summed E-state index contributed by atoms with van der Waals surface area (Å²) in [6, 6.07) is 1.61. The molecule has 0 spiro atoms. The maximum atomic E-state index is 14.2. The lowest BCUT2D eigenvalue weighted by atomic mass is 9.90. The highest BCUT2D eigenvalue weighted by Gasteiger charge is 2.53. The van der Waals surface area contributed by atoms with Crippen LogP contribution in [0.5, 0.6) is 5.75 Å². The summed E-state index contributed by atoms with van der Waals surface area (Å²) in [5.74, 6) is -6.53. The second kappa shape index (κ2) is 28.1. The van der Waals surface area contributed by atoms with Gasteiger partial charge in [-0.25, -0.2) is 9.59 Å². The number of ether oxygens (including phenoxy) is 9. The Labute approximate surface area is 421 Å². The SMILES string of the molecule is CC[C@H](C)[C@@H]([C@@H](CC(=O)O)OC)N(C)C(=O)[C@@H](NC(=O)[C@H](C(C)C)N(C)C(=O)OCc1ccc(O[C@@H]2O[C@H](COC(C)=O)[C@H](OC(C)=O)[C@H](OC(C)=O)[C@H]2OC(C)=O)c(CNC(=O)OC(C)(C)C)c1)C(C)C. The maximum Gasteiger partial charge on any atom is 0.410 e. The van der Waals surface area contributed by atoms with Gasteiger partial charge in [0.15, 0.2) is 12.2 Å². The van der Waals surface area contributed by atoms with E-state index in [-0.39, 0.29) is 36.8 Å². The van der Waals surface area contributed by atoms with Gasteiger partial charge in [-0.3, -0.25) is 38.5 Å². The number of esters is 4. The van der Waals surface area contributed by atoms with E-state index in [1.54, 1.807) is 55.5 Å². The van der Waals surface area contributed by atoms with Crippen molar-refractivity contribution in [3.8, 4) is 5.75 Å². The van der Waals surface area contributed by atoms with E-state index in [1.807, 2.05) is 13.8 Å². The number of carboxylic acids is 1. The van der Waals surface area contributed by atoms with E-state index < -0.39 is 133 Å². The highest BCUT2D eigenvalue weighted by atomic mass is 16.7. The number of carboxylic acid groups (broad SMARTS) is 1. The Morgan fingerprint density at radius 2 is 1.38 bits per heavy atom. The van der Waals surface area contributed by atoms with Gasteiger partial charge in [-0.05, 0) is 56.2 Å². The van der Waals surface area contributed by atoms with Crippen LogP contribution in [0.25, 0.3) is 0 Å². The number of hydrogen-bond donors (Lipinski definition) is 3. The van der Waals surface area contributed by atoms with Crippen molar-refractivity contribution < 1.29 is 90.9 Å². The Bertz CT molecular complexity index is 2060. The highest BCUT2D eigenvalue weighted by molar-refractivity contribution is 5.91. The smallest absolute Gasteiger partial charge is 0.410 e. The molecule has 0 unspecified atom stereocenters. The minimum atomic E-state index is -1.63. The molecule has 1 aromatic rings. The zero-order valence-corrected chi connectivity index (χ0v) is 44.4. The number of aliphatic carboxylic acids is 1. The van der Waals surface area contributed by atoms with Gasteiger partial charge in [0.05, 0.1) is 18.6 Å². The van der Waals surface area contributed by atoms with Crippen LogP contribution in [0.3, 0.4) is 0 Å². The number of hydrogen-bond acceptors (Lipinski definition) is 18. The molecule has 23 heteroatoms. The summed E-state index contributed by atoms with van der Waals surface area (Å²) in [6.45, 7) is 18.9. The van der Waals surface area contributed by atoms with Crippen molar-refractivity contribution >= 4 is 53.8 Å². The minimum Gasteiger partial charge on any atom is -0.481 e. The second-order valence-corrected chi connectivity index (χ2v) is 19.3. The third kappa shape index (κ3) is 19.1. The number of carbonyl (C=O) groups is 9. The molecule has 1 saturated heterocycles. The number of rotatable bonds is 24. The summed E-state index contributed by atoms with van der Waals surface area (Å²) in [6.07, 6.45) is -9.81. The van der Waals surface area contributed by atoms with Crippen LogP contribution in [0, 0.1) is 17.8 Å². The van der Waals surface area contributed by atoms with E-state index in [0.717, 1.165) is 32.6 Å². The molecule has 0 aromatic heterocycles. The highest BCUT2D eigenvalue weighted by Crippen LogP contribution is 2.33. The van der Waals surface area contributed by atoms with Gasteiger partial charge >= 0.3 is 42.0 Å². The Kier molecular flexibility index (Phi) is 24.2. The van der Waals surface area contributed by atoms with Crippen LogP contribution in [-0.4, -0.2) is 157 Å². The molecule has 4 amide bonds. The van der Waals surface area contributed by atoms with Crippen LogP contribution in [0.4, 0.5) is 9.59 Å². The van der Waals surface area contributed by atoms with Crippen molar-refractivity contribution in [1.29, 1.82) is 0 Å². The molecule has 0 saturated carbocycles. The molecule has 0 bridgehead atoms. The lowest BCUT2D eigenvalue weighted by Gasteiger charge is -2.44. The third-order valence-corrected chi connectivity index (χ3v) is 11.4. The van der Waals surface area contributed by atoms with E-state index in [1.165, 1.54) is 37.3 Å². The summed E-state index contributed by atoms with van der Waals surface area (Å²) in [4.78, 5) is 118. The molecule has 72 heavy (non-hydrogen) atoms. The monoisotopic (exact) mass is 1020 g/mol. The molecule has 23 nitrogen and oxygen atoms in total. The van der Waals surface area contributed by atoms with Crippen molar-refractivity contribution in [3.63, 3.8) is 0 Å². The molecular formula is C49H76N4O19. The summed E-state index contributed by atoms with van der Waals surface area (Å²) >= 11 is 0. The van der Waals surface area contributed by atoms with E-state index in [2.05, 4.69) is 10.6 Å². The molecule has 0 radical (unpaired) electrons. The molecule has 0 aliphatic carbocycles. The Balaban J connectivity index is 2.53. The largest absolute Gasteiger partial charge is 0.481 e. The summed E-state index contributed by atoms with van der Waals surface area (Å²) in [7, 11) is 4.31. The average molecular weight is 1030 g/mol. The van der Waals surface area contributed by atoms with Crippen molar-refractivity contribution in [2.45, 2.75) is 177 Å². The van der Waals surface area contributed by atoms with Gasteiger partial charge in [0.1, 0.15) is 42.8 Å². The fraction of sp³-hybridized carbons (Fsp3) is 0.694. The van der Waals surface area contributed by atoms with Crippen molar-refractivity contribution in [2.75, 3.05) is 27.8 Å². The minimum absolute atomic E-state index is 0.00527. The van der Waals surface area contributed by atoms with Crippen molar-refractivity contribution in [1.82, 2.24) is 20.4 Å². The molecule has 1 aromatic carbocycles. The fourth-order valence-corrected chi connectivity index (χ4v) is 8.03. The number of alkyl carbamates (subject to hydrolysis) is 1. The number of nitrogens with zero attached hydrogens (tertiary/aromatic N) is 2. The van der Waals surface area contributed by atoms with Gasteiger partial charge in [0.2, 0.25) is 24.2 Å². The first-order valence-electron chi connectivity index (χ1n) is 23.7. The molecule has 406 valence electrons. The van der Waals surface area contributed by atoms with Gasteiger partial charge < -0.3 is 63.3 Å². The molecule has 1 aliphatic rings. The number of benzene rings is 1. The van der Waals surface area contributed by atoms with E-state index in [9.17, 15) is 48.3 Å². The first-order valence-corrected chi connectivity index (χ1v) is 23.7. The standard InChI is InChI=1S/C49H76N4O19/c1-17-27(6)40(35(64-16)21-37(58)59)52(14)45(61)38(25(2)3)51-44(60)39(26(4)5)53(15)48(63)66-23-32-18-19-34(33(20-32)22-50-47(62)72-49(11,12)13)70-46-43(69-31(10)57)42(68-30(9)56)41(67-29(8)55)36(71-46)24-65-28(7)54/h18-20,25-27,35-36,38-43,46H,17,21-24H2,1-16H3,(H,50,62)(H,51,60)(H,58,59)/t27-,35+,36+,38-,39-,40-,41-,42-,43+,46+/m0/s1. The topological polar surface area (TPSA) is 287 Å². The van der Waals surface area contributed by atoms with Gasteiger partial charge in [-0.15, -0.1) is 0 Å². The Morgan fingerprint density at radius 1 is 0.792 bits per heavy atom. The first-order chi connectivity index (χ1) is 33.4. The van der Waals surface area contributed by atoms with E-state index >= 15 is 0 Å². The fourth-order valence-electron chi connectivity index (χ4n) is 8.03. The lowest BCUT2D eigenvalue weighted by molar-refractivity contribution is -0.288. The number of carbonyl (C=O) groups excluding carboxylic acids is 8. The molecule has 2 rings (SSSR count). The summed E-state index contributed by atoms with van der Waals surface area (Å²) in [5.41, 5.74) is -0.279. The van der Waals surface area contributed by atoms with Gasteiger partial charge in [0.25, 0.3) is 0 Å². The Hall–Kier alpha value is -6.23. The summed E-state index contributed by atoms with van der Waals surface area (Å²) < 4.78 is 50.8. The van der Waals surface area contributed by atoms with Crippen LogP contribution in [0.15, 0.2) is 18.2 Å². The summed E-state index contributed by atoms with van der Waals surface area (Å²) in [5, 5.41) is 15.0. The van der Waals surface area contributed by atoms with Crippen LogP contribution in [-0.2, 0) is 84.6 Å². The number of nitrogens with one attached hydrogen (secondary N) is 2. The zero-order valence-electron chi connectivity index (χ0n) is 44.4. The first kappa shape index (κ1) is 61.9. The maximum absolute atomic E-state index is 14.2. The van der Waals surface area contributed by atoms with Crippen LogP contribution in [0.2, 0.25) is 0 Å². The predicted molar refractivity (Wildman–Crippen MR) is 255 cm³/mol. The average Bonchev–Trinajstić information content (AvgIpc) is 3.26. The van der Waals surface area contributed by atoms with Gasteiger partial charge in [0, 0.05) is 61.0 Å². The molecule has 1 heterocycles. The molecule has 3 N–H and O–H groups in total. The Morgan fingerprint density at radius 3 is 1.88 bits per heavy atom. The lowest BCUT2D eigenvalue weighted by Crippen LogP contribution is -2.63. The molecular weight excluding hydrogens is 949 g/mol. The van der Waals surface area contributed by atoms with Gasteiger partial charge in [-0.2, -0.15) is 0 Å². The number of likely N-dealkylation sites (N-methyl/N-ethyl adjacent to an activating group) is 2. The zero-order chi connectivity index (χ0) is 54.9. The van der Waals surface area contributed by atoms with Crippen molar-refractivity contribution in [2.24, 2.45) is 17.8 Å². The molecule has 10 atom stereocenters. The number of methoxy groups -OCH3 is 1.